The van der Waals surface area contributed by atoms with Crippen molar-refractivity contribution >= 4 is 0 Å². The van der Waals surface area contributed by atoms with Gasteiger partial charge in [-0.25, -0.2) is 0 Å². The summed E-state index contributed by atoms with van der Waals surface area (Å²) in [6.45, 7) is 2.23. The molecule has 0 unspecified atom stereocenters. The van der Waals surface area contributed by atoms with Gasteiger partial charge in [-0.1, -0.05) is 12.1 Å². The Morgan fingerprint density at radius 3 is 2.21 bits per heavy atom. The normalized spacial score (nSPS) is 25.0. The summed E-state index contributed by atoms with van der Waals surface area (Å²) < 4.78 is 10.6. The summed E-state index contributed by atoms with van der Waals surface area (Å²) in [7, 11) is 3.52. The van der Waals surface area contributed by atoms with Crippen LogP contribution in [0.1, 0.15) is 44.2 Å². The topological polar surface area (TPSA) is 30.5 Å². The van der Waals surface area contributed by atoms with Crippen LogP contribution in [0.3, 0.4) is 0 Å². The minimum absolute atomic E-state index is 0.384. The van der Waals surface area contributed by atoms with Crippen molar-refractivity contribution in [1.29, 1.82) is 0 Å². The van der Waals surface area contributed by atoms with Gasteiger partial charge in [0, 0.05) is 19.2 Å². The molecule has 0 aliphatic heterocycles. The molecule has 1 atom stereocenters. The van der Waals surface area contributed by atoms with Crippen molar-refractivity contribution in [2.45, 2.75) is 50.8 Å². The predicted molar refractivity (Wildman–Crippen MR) is 77.6 cm³/mol. The molecule has 106 valence electrons. The first-order valence-electron chi connectivity index (χ1n) is 7.15. The average Bonchev–Trinajstić information content (AvgIpc) is 2.48. The largest absolute Gasteiger partial charge is 0.497 e. The van der Waals surface area contributed by atoms with Crippen LogP contribution in [0.25, 0.3) is 0 Å². The number of hydrogen-bond donors (Lipinski definition) is 1. The van der Waals surface area contributed by atoms with E-state index in [1.807, 2.05) is 19.2 Å². The minimum Gasteiger partial charge on any atom is -0.497 e. The third-order valence-corrected chi connectivity index (χ3v) is 4.11. The molecule has 19 heavy (non-hydrogen) atoms. The van der Waals surface area contributed by atoms with Gasteiger partial charge in [0.2, 0.25) is 0 Å². The molecular formula is C16H25NO2. The van der Waals surface area contributed by atoms with E-state index in [2.05, 4.69) is 24.4 Å². The summed E-state index contributed by atoms with van der Waals surface area (Å²) in [4.78, 5) is 0. The quantitative estimate of drug-likeness (QED) is 0.884. The first-order chi connectivity index (χ1) is 9.22. The second-order valence-corrected chi connectivity index (χ2v) is 5.37. The highest BCUT2D eigenvalue weighted by molar-refractivity contribution is 5.28. The number of benzene rings is 1. The van der Waals surface area contributed by atoms with E-state index < -0.39 is 0 Å². The third kappa shape index (κ3) is 3.95. The molecule has 1 aromatic carbocycles. The van der Waals surface area contributed by atoms with Crippen molar-refractivity contribution in [3.63, 3.8) is 0 Å². The zero-order valence-corrected chi connectivity index (χ0v) is 12.2. The van der Waals surface area contributed by atoms with Gasteiger partial charge in [-0.3, -0.25) is 0 Å². The van der Waals surface area contributed by atoms with E-state index in [1.165, 1.54) is 31.2 Å². The Hall–Kier alpha value is -1.06. The number of ether oxygens (including phenoxy) is 2. The van der Waals surface area contributed by atoms with E-state index in [9.17, 15) is 0 Å². The summed E-state index contributed by atoms with van der Waals surface area (Å²) in [5.41, 5.74) is 1.31. The zero-order chi connectivity index (χ0) is 13.7. The first-order valence-corrected chi connectivity index (χ1v) is 7.15. The molecule has 1 N–H and O–H groups in total. The number of nitrogens with one attached hydrogen (secondary N) is 1. The van der Waals surface area contributed by atoms with Gasteiger partial charge >= 0.3 is 0 Å². The van der Waals surface area contributed by atoms with Crippen LogP contribution in [0, 0.1) is 0 Å². The van der Waals surface area contributed by atoms with Crippen molar-refractivity contribution in [3.05, 3.63) is 29.8 Å². The molecule has 1 saturated carbocycles. The second-order valence-electron chi connectivity index (χ2n) is 5.37. The van der Waals surface area contributed by atoms with Gasteiger partial charge in [0.1, 0.15) is 5.75 Å². The van der Waals surface area contributed by atoms with Crippen LogP contribution in [-0.2, 0) is 4.74 Å². The molecule has 0 heterocycles. The molecule has 0 radical (unpaired) electrons. The summed E-state index contributed by atoms with van der Waals surface area (Å²) in [5.74, 6) is 0.913. The lowest BCUT2D eigenvalue weighted by molar-refractivity contribution is 0.0614. The molecule has 0 aromatic heterocycles. The molecule has 0 saturated heterocycles. The van der Waals surface area contributed by atoms with Crippen LogP contribution in [0.15, 0.2) is 24.3 Å². The maximum Gasteiger partial charge on any atom is 0.118 e. The Kier molecular flexibility index (Phi) is 5.23. The lowest BCUT2D eigenvalue weighted by Crippen LogP contribution is -2.36. The van der Waals surface area contributed by atoms with Crippen LogP contribution in [0.4, 0.5) is 0 Å². The Morgan fingerprint density at radius 2 is 1.68 bits per heavy atom. The van der Waals surface area contributed by atoms with Crippen LogP contribution >= 0.6 is 0 Å². The average molecular weight is 263 g/mol. The van der Waals surface area contributed by atoms with Gasteiger partial charge in [-0.05, 0) is 50.3 Å². The van der Waals surface area contributed by atoms with E-state index in [1.54, 1.807) is 7.11 Å². The fraction of sp³-hybridized carbons (Fsp3) is 0.625. The highest BCUT2D eigenvalue weighted by atomic mass is 16.5. The van der Waals surface area contributed by atoms with Crippen molar-refractivity contribution in [3.8, 4) is 5.75 Å². The molecule has 0 amide bonds. The third-order valence-electron chi connectivity index (χ3n) is 4.11. The van der Waals surface area contributed by atoms with E-state index in [-0.39, 0.29) is 0 Å². The molecular weight excluding hydrogens is 238 g/mol. The van der Waals surface area contributed by atoms with Crippen LogP contribution in [0.5, 0.6) is 5.75 Å². The SMILES string of the molecule is COc1ccc([C@H](C)NC2CCC(OC)CC2)cc1. The van der Waals surface area contributed by atoms with Gasteiger partial charge in [0.25, 0.3) is 0 Å². The van der Waals surface area contributed by atoms with E-state index in [0.717, 1.165) is 5.75 Å². The van der Waals surface area contributed by atoms with Crippen molar-refractivity contribution in [2.75, 3.05) is 14.2 Å². The molecule has 3 heteroatoms. The molecule has 3 nitrogen and oxygen atoms in total. The van der Waals surface area contributed by atoms with Gasteiger partial charge in [0.15, 0.2) is 0 Å². The van der Waals surface area contributed by atoms with Gasteiger partial charge in [0.05, 0.1) is 13.2 Å². The van der Waals surface area contributed by atoms with Gasteiger partial charge in [-0.2, -0.15) is 0 Å². The van der Waals surface area contributed by atoms with E-state index in [0.29, 0.717) is 18.2 Å². The molecule has 1 aliphatic carbocycles. The van der Waals surface area contributed by atoms with E-state index in [4.69, 9.17) is 9.47 Å². The zero-order valence-electron chi connectivity index (χ0n) is 12.2. The number of methoxy groups -OCH3 is 2. The minimum atomic E-state index is 0.384. The van der Waals surface area contributed by atoms with Crippen molar-refractivity contribution in [2.24, 2.45) is 0 Å². The maximum absolute atomic E-state index is 5.41. The number of rotatable bonds is 5. The molecule has 1 fully saturated rings. The lowest BCUT2D eigenvalue weighted by atomic mass is 9.92. The van der Waals surface area contributed by atoms with Gasteiger partial charge < -0.3 is 14.8 Å². The highest BCUT2D eigenvalue weighted by Gasteiger charge is 2.22. The molecule has 0 spiro atoms. The molecule has 0 bridgehead atoms. The fourth-order valence-electron chi connectivity index (χ4n) is 2.81. The van der Waals surface area contributed by atoms with E-state index >= 15 is 0 Å². The Balaban J connectivity index is 1.85. The maximum atomic E-state index is 5.41. The second kappa shape index (κ2) is 6.92. The summed E-state index contributed by atoms with van der Waals surface area (Å²) in [6.07, 6.45) is 5.22. The molecule has 1 aliphatic rings. The van der Waals surface area contributed by atoms with Crippen LogP contribution < -0.4 is 10.1 Å². The monoisotopic (exact) mass is 263 g/mol. The number of hydrogen-bond acceptors (Lipinski definition) is 3. The standard InChI is InChI=1S/C16H25NO2/c1-12(13-4-8-15(18-2)9-5-13)17-14-6-10-16(19-3)11-7-14/h4-5,8-9,12,14,16-17H,6-7,10-11H2,1-3H3/t12-,14?,16?/m0/s1. The van der Waals surface area contributed by atoms with Crippen LogP contribution in [-0.4, -0.2) is 26.4 Å². The predicted octanol–water partition coefficient (Wildman–Crippen LogP) is 3.30. The highest BCUT2D eigenvalue weighted by Crippen LogP contribution is 2.24. The smallest absolute Gasteiger partial charge is 0.118 e. The summed E-state index contributed by atoms with van der Waals surface area (Å²) in [5, 5.41) is 3.72. The summed E-state index contributed by atoms with van der Waals surface area (Å²) in [6, 6.07) is 9.32. The Bertz CT molecular complexity index is 369. The fourth-order valence-corrected chi connectivity index (χ4v) is 2.81. The Morgan fingerprint density at radius 1 is 1.05 bits per heavy atom. The lowest BCUT2D eigenvalue weighted by Gasteiger charge is -2.30. The summed E-state index contributed by atoms with van der Waals surface area (Å²) >= 11 is 0. The molecule has 2 rings (SSSR count). The van der Waals surface area contributed by atoms with Gasteiger partial charge in [-0.15, -0.1) is 0 Å². The molecule has 1 aromatic rings. The van der Waals surface area contributed by atoms with Crippen molar-refractivity contribution < 1.29 is 9.47 Å². The Labute approximate surface area is 116 Å². The van der Waals surface area contributed by atoms with Crippen molar-refractivity contribution in [1.82, 2.24) is 5.32 Å². The first kappa shape index (κ1) is 14.4. The van der Waals surface area contributed by atoms with Crippen LogP contribution in [0.2, 0.25) is 0 Å².